The van der Waals surface area contributed by atoms with Gasteiger partial charge < -0.3 is 5.32 Å². The number of aryl methyl sites for hydroxylation is 1. The Morgan fingerprint density at radius 1 is 0.850 bits per heavy atom. The SMILES string of the molecule is CC1C=C(c2ccc(C3=CC=CCC3)nc2C2N=C(C3CCCCC3)N=C(C3CCC=CC3C)N2)c2c(sc3c2C2C4=CCCC=C4C(CCc4ccccc4)=C2C=C3)C1. The molecule has 1 aliphatic heterocycles. The molecule has 11 rings (SSSR count). The molecule has 8 aliphatic rings. The summed E-state index contributed by atoms with van der Waals surface area (Å²) in [5, 5.41) is 4.02. The van der Waals surface area contributed by atoms with Gasteiger partial charge in [0.05, 0.1) is 11.4 Å². The quantitative estimate of drug-likeness (QED) is 0.231. The average Bonchev–Trinajstić information content (AvgIpc) is 3.84. The van der Waals surface area contributed by atoms with Crippen LogP contribution >= 0.6 is 11.3 Å². The third-order valence-electron chi connectivity index (χ3n) is 14.6. The van der Waals surface area contributed by atoms with E-state index in [0.29, 0.717) is 23.7 Å². The van der Waals surface area contributed by atoms with Crippen molar-refractivity contribution >= 4 is 40.2 Å². The number of nitrogens with one attached hydrogen (secondary N) is 1. The van der Waals surface area contributed by atoms with E-state index in [1.807, 2.05) is 11.3 Å². The molecule has 3 aromatic rings. The highest BCUT2D eigenvalue weighted by molar-refractivity contribution is 7.13. The monoisotopic (exact) mass is 806 g/mol. The summed E-state index contributed by atoms with van der Waals surface area (Å²) in [5.41, 5.74) is 16.6. The Morgan fingerprint density at radius 2 is 1.73 bits per heavy atom. The second-order valence-electron chi connectivity index (χ2n) is 18.6. The minimum absolute atomic E-state index is 0.275. The van der Waals surface area contributed by atoms with E-state index in [1.54, 1.807) is 11.1 Å². The lowest BCUT2D eigenvalue weighted by molar-refractivity contribution is 0.427. The summed E-state index contributed by atoms with van der Waals surface area (Å²) in [7, 11) is 0. The second kappa shape index (κ2) is 16.2. The van der Waals surface area contributed by atoms with Crippen molar-refractivity contribution in [2.24, 2.45) is 33.7 Å². The summed E-state index contributed by atoms with van der Waals surface area (Å²) in [6.07, 6.45) is 39.9. The van der Waals surface area contributed by atoms with Crippen molar-refractivity contribution in [3.05, 3.63) is 163 Å². The zero-order chi connectivity index (χ0) is 40.2. The van der Waals surface area contributed by atoms with Crippen LogP contribution in [0.5, 0.6) is 0 Å². The molecule has 5 unspecified atom stereocenters. The molecule has 1 N–H and O–H groups in total. The lowest BCUT2D eigenvalue weighted by atomic mass is 9.76. The first kappa shape index (κ1) is 38.1. The van der Waals surface area contributed by atoms with E-state index in [1.165, 1.54) is 86.4 Å². The number of hydrogen-bond acceptors (Lipinski definition) is 5. The first-order valence-electron chi connectivity index (χ1n) is 23.3. The van der Waals surface area contributed by atoms with Crippen LogP contribution < -0.4 is 5.32 Å². The predicted molar refractivity (Wildman–Crippen MR) is 252 cm³/mol. The van der Waals surface area contributed by atoms with Gasteiger partial charge >= 0.3 is 0 Å². The largest absolute Gasteiger partial charge is 0.347 e. The van der Waals surface area contributed by atoms with E-state index < -0.39 is 0 Å². The van der Waals surface area contributed by atoms with Crippen molar-refractivity contribution in [3.63, 3.8) is 0 Å². The summed E-state index contributed by atoms with van der Waals surface area (Å²) in [6.45, 7) is 4.77. The molecule has 5 atom stereocenters. The Hall–Kier alpha value is -4.87. The maximum absolute atomic E-state index is 5.74. The summed E-state index contributed by atoms with van der Waals surface area (Å²) in [6, 6.07) is 15.8. The molecule has 4 nitrogen and oxygen atoms in total. The summed E-state index contributed by atoms with van der Waals surface area (Å²) < 4.78 is 0. The van der Waals surface area contributed by atoms with Crippen molar-refractivity contribution < 1.29 is 0 Å². The first-order valence-corrected chi connectivity index (χ1v) is 24.1. The standard InChI is InChI=1S/C55H58N4S/c1-34-32-45(50-48(33-34)60-47-31-29-43-41(27-26-36-17-6-3-7-18-36)40-24-14-15-25-42(40)49(43)51(47)50)44-28-30-46(37-19-8-4-9-20-37)56-52(44)55-58-53(38-21-10-5-11-22-38)57-54(59-55)39-23-13-12-16-35(39)2/h3-4,6-8,12,16-19,24-25,28-32,34-35,38-39,49,55H,5,9-11,13-15,20-23,26-27,33H2,1-2H3,(H,57,58,59). The molecule has 3 heterocycles. The number of thiophene rings is 1. The molecular formula is C55H58N4S. The summed E-state index contributed by atoms with van der Waals surface area (Å²) in [4.78, 5) is 19.8. The Bertz CT molecular complexity index is 2520. The molecule has 0 bridgehead atoms. The van der Waals surface area contributed by atoms with Crippen LogP contribution in [0, 0.1) is 23.7 Å². The number of benzene rings is 1. The molecule has 7 aliphatic carbocycles. The number of fused-ring (bicyclic) bond motifs is 7. The molecule has 1 saturated carbocycles. The van der Waals surface area contributed by atoms with E-state index in [9.17, 15) is 0 Å². The second-order valence-corrected chi connectivity index (χ2v) is 19.7. The van der Waals surface area contributed by atoms with Gasteiger partial charge in [0, 0.05) is 38.6 Å². The zero-order valence-corrected chi connectivity index (χ0v) is 36.2. The Balaban J connectivity index is 1.05. The molecule has 304 valence electrons. The van der Waals surface area contributed by atoms with Gasteiger partial charge in [-0.3, -0.25) is 0 Å². The van der Waals surface area contributed by atoms with Crippen LogP contribution in [0.3, 0.4) is 0 Å². The normalized spacial score (nSPS) is 27.1. The van der Waals surface area contributed by atoms with Gasteiger partial charge in [0.15, 0.2) is 6.17 Å². The number of rotatable bonds is 8. The molecule has 60 heavy (non-hydrogen) atoms. The molecule has 0 radical (unpaired) electrons. The Kier molecular flexibility index (Phi) is 10.3. The highest BCUT2D eigenvalue weighted by Crippen LogP contribution is 2.58. The van der Waals surface area contributed by atoms with Crippen LogP contribution in [0.4, 0.5) is 0 Å². The molecule has 5 heteroatoms. The van der Waals surface area contributed by atoms with Crippen LogP contribution in [0.15, 0.2) is 129 Å². The Labute approximate surface area is 361 Å². The maximum Gasteiger partial charge on any atom is 0.165 e. The first-order chi connectivity index (χ1) is 29.6. The van der Waals surface area contributed by atoms with Gasteiger partial charge in [-0.05, 0) is 139 Å². The van der Waals surface area contributed by atoms with E-state index in [-0.39, 0.29) is 12.1 Å². The number of aliphatic imine (C=N–C) groups is 2. The van der Waals surface area contributed by atoms with Crippen LogP contribution in [0.25, 0.3) is 17.2 Å². The van der Waals surface area contributed by atoms with Crippen LogP contribution in [0.2, 0.25) is 0 Å². The van der Waals surface area contributed by atoms with Crippen LogP contribution in [0.1, 0.15) is 146 Å². The van der Waals surface area contributed by atoms with E-state index in [2.05, 4.69) is 122 Å². The average molecular weight is 807 g/mol. The van der Waals surface area contributed by atoms with Gasteiger partial charge in [-0.15, -0.1) is 11.3 Å². The Morgan fingerprint density at radius 3 is 2.58 bits per heavy atom. The van der Waals surface area contributed by atoms with E-state index in [0.717, 1.165) is 80.8 Å². The van der Waals surface area contributed by atoms with Crippen molar-refractivity contribution in [3.8, 4) is 0 Å². The molecule has 1 aromatic carbocycles. The van der Waals surface area contributed by atoms with E-state index in [4.69, 9.17) is 15.0 Å². The molecular weight excluding hydrogens is 749 g/mol. The molecule has 0 spiro atoms. The molecule has 2 aromatic heterocycles. The number of allylic oxidation sites excluding steroid dienone is 14. The fraction of sp³-hybridized carbons (Fsp3) is 0.400. The van der Waals surface area contributed by atoms with Gasteiger partial charge in [0.2, 0.25) is 0 Å². The fourth-order valence-electron chi connectivity index (χ4n) is 11.6. The minimum atomic E-state index is -0.291. The number of amidine groups is 2. The minimum Gasteiger partial charge on any atom is -0.347 e. The van der Waals surface area contributed by atoms with Crippen LogP contribution in [-0.2, 0) is 12.8 Å². The van der Waals surface area contributed by atoms with Crippen molar-refractivity contribution in [2.45, 2.75) is 116 Å². The van der Waals surface area contributed by atoms with Crippen molar-refractivity contribution in [1.29, 1.82) is 0 Å². The lowest BCUT2D eigenvalue weighted by Crippen LogP contribution is -2.42. The van der Waals surface area contributed by atoms with Crippen LogP contribution in [-0.4, -0.2) is 16.7 Å². The van der Waals surface area contributed by atoms with Gasteiger partial charge in [0.1, 0.15) is 11.7 Å². The third kappa shape index (κ3) is 6.95. The summed E-state index contributed by atoms with van der Waals surface area (Å²) in [5.74, 6) is 4.09. The smallest absolute Gasteiger partial charge is 0.165 e. The molecule has 0 amide bonds. The van der Waals surface area contributed by atoms with Crippen molar-refractivity contribution in [2.75, 3.05) is 0 Å². The van der Waals surface area contributed by atoms with Gasteiger partial charge in [-0.2, -0.15) is 0 Å². The highest BCUT2D eigenvalue weighted by atomic mass is 32.1. The third-order valence-corrected chi connectivity index (χ3v) is 15.8. The van der Waals surface area contributed by atoms with Gasteiger partial charge in [-0.25, -0.2) is 15.0 Å². The molecule has 1 fully saturated rings. The maximum atomic E-state index is 5.74. The number of hydrogen-bond donors (Lipinski definition) is 1. The number of pyridine rings is 1. The van der Waals surface area contributed by atoms with Gasteiger partial charge in [-0.1, -0.05) is 124 Å². The number of aromatic nitrogens is 1. The lowest BCUT2D eigenvalue weighted by Gasteiger charge is -2.34. The topological polar surface area (TPSA) is 49.6 Å². The predicted octanol–water partition coefficient (Wildman–Crippen LogP) is 13.8. The number of nitrogens with zero attached hydrogens (tertiary/aromatic N) is 3. The van der Waals surface area contributed by atoms with E-state index >= 15 is 0 Å². The summed E-state index contributed by atoms with van der Waals surface area (Å²) >= 11 is 2.04. The highest BCUT2D eigenvalue weighted by Gasteiger charge is 2.42. The van der Waals surface area contributed by atoms with Crippen molar-refractivity contribution in [1.82, 2.24) is 10.3 Å². The molecule has 0 saturated heterocycles. The zero-order valence-electron chi connectivity index (χ0n) is 35.4. The fourth-order valence-corrected chi connectivity index (χ4v) is 13.0. The van der Waals surface area contributed by atoms with Gasteiger partial charge in [0.25, 0.3) is 0 Å².